The lowest BCUT2D eigenvalue weighted by molar-refractivity contribution is -0.130. The molecule has 1 unspecified atom stereocenters. The van der Waals surface area contributed by atoms with Crippen molar-refractivity contribution < 1.29 is 14.4 Å². The molecule has 12 heavy (non-hydrogen) atoms. The Bertz CT molecular complexity index is 191. The highest BCUT2D eigenvalue weighted by Gasteiger charge is 2.15. The highest BCUT2D eigenvalue weighted by atomic mass is 16.2. The van der Waals surface area contributed by atoms with Crippen molar-refractivity contribution in [2.75, 3.05) is 0 Å². The van der Waals surface area contributed by atoms with E-state index in [-0.39, 0.29) is 5.91 Å². The van der Waals surface area contributed by atoms with Crippen LogP contribution in [0.5, 0.6) is 0 Å². The first kappa shape index (κ1) is 10.6. The van der Waals surface area contributed by atoms with Gasteiger partial charge in [0.1, 0.15) is 6.04 Å². The summed E-state index contributed by atoms with van der Waals surface area (Å²) in [6.07, 6.45) is 0.756. The van der Waals surface area contributed by atoms with Crippen LogP contribution >= 0.6 is 0 Å². The molecule has 0 aliphatic rings. The molecule has 0 aliphatic carbocycles. The average molecular weight is 172 g/mol. The number of amides is 3. The van der Waals surface area contributed by atoms with E-state index in [1.807, 2.05) is 5.32 Å². The van der Waals surface area contributed by atoms with Crippen LogP contribution < -0.4 is 10.6 Å². The first-order valence-electron chi connectivity index (χ1n) is 3.63. The maximum Gasteiger partial charge on any atom is 0.248 e. The van der Waals surface area contributed by atoms with Gasteiger partial charge in [0, 0.05) is 6.92 Å². The van der Waals surface area contributed by atoms with Gasteiger partial charge in [-0.05, 0) is 6.42 Å². The fraction of sp³-hybridized carbons (Fsp3) is 0.571. The predicted octanol–water partition coefficient (Wildman–Crippen LogP) is -0.826. The number of hydrogen-bond acceptors (Lipinski definition) is 3. The molecule has 0 saturated heterocycles. The molecule has 0 aromatic heterocycles. The summed E-state index contributed by atoms with van der Waals surface area (Å²) in [5, 5.41) is 4.37. The molecule has 0 saturated carbocycles. The number of imide groups is 1. The predicted molar refractivity (Wildman–Crippen MR) is 42.1 cm³/mol. The maximum atomic E-state index is 11.0. The Kier molecular flexibility index (Phi) is 4.67. The molecule has 0 aromatic carbocycles. The highest BCUT2D eigenvalue weighted by molar-refractivity contribution is 5.92. The zero-order chi connectivity index (χ0) is 9.56. The van der Waals surface area contributed by atoms with E-state index in [4.69, 9.17) is 0 Å². The number of carbonyl (C=O) groups excluding carboxylic acids is 3. The van der Waals surface area contributed by atoms with Gasteiger partial charge in [0.05, 0.1) is 0 Å². The van der Waals surface area contributed by atoms with E-state index in [1.54, 1.807) is 6.92 Å². The first-order valence-corrected chi connectivity index (χ1v) is 3.63. The Balaban J connectivity index is 4.04. The normalized spacial score (nSPS) is 11.5. The maximum absolute atomic E-state index is 11.0. The van der Waals surface area contributed by atoms with Gasteiger partial charge >= 0.3 is 0 Å². The summed E-state index contributed by atoms with van der Waals surface area (Å²) in [5.41, 5.74) is 0. The van der Waals surface area contributed by atoms with Gasteiger partial charge in [0.15, 0.2) is 0 Å². The van der Waals surface area contributed by atoms with Crippen LogP contribution in [0.1, 0.15) is 20.3 Å². The molecule has 3 amide bonds. The third-order valence-electron chi connectivity index (χ3n) is 1.30. The Morgan fingerprint density at radius 1 is 1.50 bits per heavy atom. The summed E-state index contributed by atoms with van der Waals surface area (Å²) in [4.78, 5) is 31.4. The molecular formula is C7H12N2O3. The zero-order valence-electron chi connectivity index (χ0n) is 7.09. The van der Waals surface area contributed by atoms with E-state index in [9.17, 15) is 14.4 Å². The van der Waals surface area contributed by atoms with Gasteiger partial charge in [-0.2, -0.15) is 0 Å². The minimum Gasteiger partial charge on any atom is -0.345 e. The largest absolute Gasteiger partial charge is 0.345 e. The van der Waals surface area contributed by atoms with E-state index >= 15 is 0 Å². The van der Waals surface area contributed by atoms with E-state index in [0.717, 1.165) is 0 Å². The lowest BCUT2D eigenvalue weighted by atomic mass is 10.2. The fourth-order valence-corrected chi connectivity index (χ4v) is 0.757. The smallest absolute Gasteiger partial charge is 0.248 e. The van der Waals surface area contributed by atoms with Crippen molar-refractivity contribution in [1.29, 1.82) is 0 Å². The van der Waals surface area contributed by atoms with Crippen molar-refractivity contribution in [1.82, 2.24) is 10.6 Å². The standard InChI is InChI=1S/C7H12N2O3/c1-3-6(9-5(2)11)7(12)8-4-10/h4,6H,3H2,1-2H3,(H,9,11)(H,8,10,12). The SMILES string of the molecule is CCC(NC(C)=O)C(=O)NC=O. The van der Waals surface area contributed by atoms with Crippen molar-refractivity contribution in [2.24, 2.45) is 0 Å². The van der Waals surface area contributed by atoms with Gasteiger partial charge in [-0.1, -0.05) is 6.92 Å². The number of hydrogen-bond donors (Lipinski definition) is 2. The minimum absolute atomic E-state index is 0.289. The van der Waals surface area contributed by atoms with Crippen LogP contribution in [0.4, 0.5) is 0 Å². The topological polar surface area (TPSA) is 75.3 Å². The van der Waals surface area contributed by atoms with E-state index in [2.05, 4.69) is 5.32 Å². The number of carbonyl (C=O) groups is 3. The van der Waals surface area contributed by atoms with Gasteiger partial charge in [-0.15, -0.1) is 0 Å². The number of nitrogens with one attached hydrogen (secondary N) is 2. The third-order valence-corrected chi connectivity index (χ3v) is 1.30. The monoisotopic (exact) mass is 172 g/mol. The Labute approximate surface area is 70.5 Å². The van der Waals surface area contributed by atoms with Gasteiger partial charge in [-0.3, -0.25) is 19.7 Å². The highest BCUT2D eigenvalue weighted by Crippen LogP contribution is 1.89. The van der Waals surface area contributed by atoms with Crippen molar-refractivity contribution in [3.8, 4) is 0 Å². The van der Waals surface area contributed by atoms with Crippen molar-refractivity contribution in [2.45, 2.75) is 26.3 Å². The van der Waals surface area contributed by atoms with Gasteiger partial charge in [0.25, 0.3) is 0 Å². The molecule has 2 N–H and O–H groups in total. The van der Waals surface area contributed by atoms with E-state index in [0.29, 0.717) is 12.8 Å². The van der Waals surface area contributed by atoms with E-state index in [1.165, 1.54) is 6.92 Å². The average Bonchev–Trinajstić information content (AvgIpc) is 2.00. The van der Waals surface area contributed by atoms with Crippen LogP contribution in [0.3, 0.4) is 0 Å². The molecule has 0 bridgehead atoms. The molecule has 0 fully saturated rings. The second kappa shape index (κ2) is 5.29. The summed E-state index contributed by atoms with van der Waals surface area (Å²) < 4.78 is 0. The summed E-state index contributed by atoms with van der Waals surface area (Å²) in [5.74, 6) is -0.773. The molecule has 0 spiro atoms. The van der Waals surface area contributed by atoms with Gasteiger partial charge < -0.3 is 5.32 Å². The fourth-order valence-electron chi connectivity index (χ4n) is 0.757. The lowest BCUT2D eigenvalue weighted by Crippen LogP contribution is -2.45. The summed E-state index contributed by atoms with van der Waals surface area (Å²) in [6, 6.07) is -0.618. The van der Waals surface area contributed by atoms with Crippen molar-refractivity contribution >= 4 is 18.2 Å². The van der Waals surface area contributed by atoms with Crippen LogP contribution in [0.2, 0.25) is 0 Å². The second-order valence-electron chi connectivity index (χ2n) is 2.29. The third kappa shape index (κ3) is 3.70. The Hall–Kier alpha value is -1.39. The summed E-state index contributed by atoms with van der Waals surface area (Å²) in [7, 11) is 0. The second-order valence-corrected chi connectivity index (χ2v) is 2.29. The summed E-state index contributed by atoms with van der Waals surface area (Å²) >= 11 is 0. The van der Waals surface area contributed by atoms with Crippen LogP contribution in [-0.4, -0.2) is 24.3 Å². The molecule has 5 heteroatoms. The van der Waals surface area contributed by atoms with Crippen molar-refractivity contribution in [3.05, 3.63) is 0 Å². The molecule has 0 aliphatic heterocycles. The van der Waals surface area contributed by atoms with Crippen molar-refractivity contribution in [3.63, 3.8) is 0 Å². The lowest BCUT2D eigenvalue weighted by Gasteiger charge is -2.12. The van der Waals surface area contributed by atoms with Crippen LogP contribution in [0.25, 0.3) is 0 Å². The molecule has 0 heterocycles. The summed E-state index contributed by atoms with van der Waals surface area (Å²) in [6.45, 7) is 3.06. The zero-order valence-corrected chi connectivity index (χ0v) is 7.09. The molecule has 0 radical (unpaired) electrons. The Morgan fingerprint density at radius 3 is 2.42 bits per heavy atom. The molecule has 0 rings (SSSR count). The van der Waals surface area contributed by atoms with Gasteiger partial charge in [-0.25, -0.2) is 0 Å². The molecule has 1 atom stereocenters. The minimum atomic E-state index is -0.618. The molecular weight excluding hydrogens is 160 g/mol. The molecule has 5 nitrogen and oxygen atoms in total. The Morgan fingerprint density at radius 2 is 2.08 bits per heavy atom. The van der Waals surface area contributed by atoms with Gasteiger partial charge in [0.2, 0.25) is 18.2 Å². The van der Waals surface area contributed by atoms with Crippen LogP contribution in [0.15, 0.2) is 0 Å². The van der Waals surface area contributed by atoms with E-state index < -0.39 is 11.9 Å². The molecule has 68 valence electrons. The quantitative estimate of drug-likeness (QED) is 0.544. The first-order chi connectivity index (χ1) is 5.61. The van der Waals surface area contributed by atoms with Crippen LogP contribution in [0, 0.1) is 0 Å². The molecule has 0 aromatic rings. The number of rotatable bonds is 4. The van der Waals surface area contributed by atoms with Crippen LogP contribution in [-0.2, 0) is 14.4 Å².